The first-order valence-corrected chi connectivity index (χ1v) is 13.6. The van der Waals surface area contributed by atoms with Crippen LogP contribution in [0.25, 0.3) is 0 Å². The van der Waals surface area contributed by atoms with Crippen molar-refractivity contribution in [1.82, 2.24) is 19.9 Å². The number of hydrogen-bond acceptors (Lipinski definition) is 5. The Bertz CT molecular complexity index is 1650. The number of nitrogens with one attached hydrogen (secondary N) is 2. The number of carbonyl (C=O) groups excluding carboxylic acids is 2. The molecule has 8 heteroatoms. The van der Waals surface area contributed by atoms with Gasteiger partial charge in [-0.2, -0.15) is 0 Å². The second-order valence-corrected chi connectivity index (χ2v) is 9.95. The van der Waals surface area contributed by atoms with Crippen molar-refractivity contribution in [3.8, 4) is 0 Å². The number of fused-ring (bicyclic) bond motifs is 2. The van der Waals surface area contributed by atoms with Crippen molar-refractivity contribution in [2.45, 2.75) is 26.1 Å². The first-order valence-electron chi connectivity index (χ1n) is 13.6. The maximum atomic E-state index is 13.8. The predicted molar refractivity (Wildman–Crippen MR) is 159 cm³/mol. The molecule has 0 unspecified atom stereocenters. The number of para-hydroxylation sites is 1. The Morgan fingerprint density at radius 3 is 2.44 bits per heavy atom. The molecule has 2 amide bonds. The maximum Gasteiger partial charge on any atom is 0.268 e. The minimum atomic E-state index is -0.170. The van der Waals surface area contributed by atoms with Gasteiger partial charge in [-0.25, -0.2) is 4.98 Å². The summed E-state index contributed by atoms with van der Waals surface area (Å²) >= 11 is 0. The summed E-state index contributed by atoms with van der Waals surface area (Å²) in [6.45, 7) is 1.96. The lowest BCUT2D eigenvalue weighted by Gasteiger charge is -2.22. The summed E-state index contributed by atoms with van der Waals surface area (Å²) in [7, 11) is 0. The van der Waals surface area contributed by atoms with Gasteiger partial charge in [-0.15, -0.1) is 0 Å². The molecule has 4 heterocycles. The molecule has 2 N–H and O–H groups in total. The summed E-state index contributed by atoms with van der Waals surface area (Å²) in [6.07, 6.45) is 5.95. The van der Waals surface area contributed by atoms with E-state index in [1.54, 1.807) is 23.5 Å². The number of nitrogens with zero attached hydrogens (tertiary/aromatic N) is 4. The number of hydrogen-bond donors (Lipinski definition) is 2. The van der Waals surface area contributed by atoms with Crippen LogP contribution in [0.1, 0.15) is 43.2 Å². The van der Waals surface area contributed by atoms with Crippen molar-refractivity contribution in [3.63, 3.8) is 0 Å². The van der Waals surface area contributed by atoms with E-state index in [1.807, 2.05) is 83.4 Å². The fourth-order valence-corrected chi connectivity index (χ4v) is 5.08. The summed E-state index contributed by atoms with van der Waals surface area (Å²) in [6, 6.07) is 29.3. The van der Waals surface area contributed by atoms with Crippen LogP contribution >= 0.6 is 0 Å². The highest BCUT2D eigenvalue weighted by Gasteiger charge is 2.27. The largest absolute Gasteiger partial charge is 0.370 e. The molecular weight excluding hydrogens is 512 g/mol. The quantitative estimate of drug-likeness (QED) is 0.286. The molecular formula is C33H30N6O2. The molecule has 5 aromatic rings. The molecule has 0 saturated heterocycles. The van der Waals surface area contributed by atoms with Crippen molar-refractivity contribution in [2.75, 3.05) is 16.8 Å². The number of rotatable bonds is 8. The molecule has 8 nitrogen and oxygen atoms in total. The summed E-state index contributed by atoms with van der Waals surface area (Å²) in [5.74, 6) is 0.416. The van der Waals surface area contributed by atoms with Gasteiger partial charge < -0.3 is 20.1 Å². The third-order valence-corrected chi connectivity index (χ3v) is 7.23. The fraction of sp³-hybridized carbons (Fsp3) is 0.152. The van der Waals surface area contributed by atoms with Crippen LogP contribution in [0.4, 0.5) is 11.5 Å². The Kier molecular flexibility index (Phi) is 7.53. The Labute approximate surface area is 238 Å². The molecule has 3 aromatic heterocycles. The Balaban J connectivity index is 1.18. The van der Waals surface area contributed by atoms with E-state index >= 15 is 0 Å². The van der Waals surface area contributed by atoms with E-state index < -0.39 is 0 Å². The number of benzene rings is 2. The molecule has 1 aliphatic rings. The van der Waals surface area contributed by atoms with Crippen molar-refractivity contribution in [3.05, 3.63) is 143 Å². The zero-order valence-corrected chi connectivity index (χ0v) is 22.5. The number of pyridine rings is 2. The lowest BCUT2D eigenvalue weighted by atomic mass is 10.1. The third-order valence-electron chi connectivity index (χ3n) is 7.23. The Morgan fingerprint density at radius 1 is 0.805 bits per heavy atom. The molecule has 0 fully saturated rings. The van der Waals surface area contributed by atoms with E-state index in [0.29, 0.717) is 30.9 Å². The Hall–Kier alpha value is -5.24. The van der Waals surface area contributed by atoms with Crippen molar-refractivity contribution >= 4 is 23.3 Å². The van der Waals surface area contributed by atoms with Crippen molar-refractivity contribution in [2.24, 2.45) is 0 Å². The van der Waals surface area contributed by atoms with Crippen LogP contribution in [0.5, 0.6) is 0 Å². The van der Waals surface area contributed by atoms with Gasteiger partial charge in [0, 0.05) is 43.1 Å². The molecule has 1 aliphatic heterocycles. The van der Waals surface area contributed by atoms with Gasteiger partial charge in [-0.1, -0.05) is 54.6 Å². The van der Waals surface area contributed by atoms with Gasteiger partial charge in [-0.3, -0.25) is 14.6 Å². The molecule has 0 atom stereocenters. The fourth-order valence-electron chi connectivity index (χ4n) is 5.08. The van der Waals surface area contributed by atoms with Gasteiger partial charge in [0.05, 0.1) is 18.7 Å². The van der Waals surface area contributed by atoms with E-state index in [0.717, 1.165) is 41.3 Å². The molecule has 0 aliphatic carbocycles. The minimum absolute atomic E-state index is 0.141. The highest BCUT2D eigenvalue weighted by Crippen LogP contribution is 2.30. The number of amides is 2. The van der Waals surface area contributed by atoms with Crippen LogP contribution in [0.3, 0.4) is 0 Å². The summed E-state index contributed by atoms with van der Waals surface area (Å²) in [4.78, 5) is 37.3. The van der Waals surface area contributed by atoms with Gasteiger partial charge in [0.15, 0.2) is 0 Å². The molecule has 0 saturated carbocycles. The third kappa shape index (κ3) is 5.86. The molecule has 41 heavy (non-hydrogen) atoms. The van der Waals surface area contributed by atoms with Gasteiger partial charge in [-0.05, 0) is 59.5 Å². The molecule has 0 bridgehead atoms. The van der Waals surface area contributed by atoms with Gasteiger partial charge in [0.25, 0.3) is 11.8 Å². The van der Waals surface area contributed by atoms with E-state index in [9.17, 15) is 9.59 Å². The lowest BCUT2D eigenvalue weighted by molar-refractivity contribution is 0.0941. The standard InChI is InChI=1S/C33H30N6O2/c40-32(37-20-25-9-6-17-34-19-25)30-14-13-28-23-39(29-11-5-4-10-27(29)22-38(28)30)33(41)26-12-15-31(36-21-26)35-18-16-24-7-2-1-3-8-24/h1-15,17,19,21H,16,18,20,22-23H2,(H,35,36)(H,37,40). The minimum Gasteiger partial charge on any atom is -0.370 e. The van der Waals surface area contributed by atoms with Crippen LogP contribution in [0.15, 0.2) is 110 Å². The summed E-state index contributed by atoms with van der Waals surface area (Å²) in [5.41, 5.74) is 5.91. The average molecular weight is 543 g/mol. The topological polar surface area (TPSA) is 92.2 Å². The zero-order chi connectivity index (χ0) is 28.0. The van der Waals surface area contributed by atoms with Crippen LogP contribution in [0.2, 0.25) is 0 Å². The number of aromatic nitrogens is 3. The van der Waals surface area contributed by atoms with E-state index in [2.05, 4.69) is 32.7 Å². The zero-order valence-electron chi connectivity index (χ0n) is 22.5. The molecule has 0 spiro atoms. The van der Waals surface area contributed by atoms with Crippen molar-refractivity contribution in [1.29, 1.82) is 0 Å². The average Bonchev–Trinajstić information content (AvgIpc) is 3.34. The summed E-state index contributed by atoms with van der Waals surface area (Å²) < 4.78 is 1.99. The first kappa shape index (κ1) is 26.0. The molecule has 2 aromatic carbocycles. The monoisotopic (exact) mass is 542 g/mol. The highest BCUT2D eigenvalue weighted by atomic mass is 16.2. The maximum absolute atomic E-state index is 13.8. The SMILES string of the molecule is O=C(NCc1cccnc1)c1ccc2n1Cc1ccccc1N(C(=O)c1ccc(NCCc3ccccc3)nc1)C2. The van der Waals surface area contributed by atoms with Gasteiger partial charge in [0.2, 0.25) is 0 Å². The number of carbonyl (C=O) groups is 2. The molecule has 204 valence electrons. The van der Waals surface area contributed by atoms with Crippen LogP contribution in [0, 0.1) is 0 Å². The van der Waals surface area contributed by atoms with Gasteiger partial charge in [0.1, 0.15) is 11.5 Å². The number of anilines is 2. The summed E-state index contributed by atoms with van der Waals surface area (Å²) in [5, 5.41) is 6.32. The first-order chi connectivity index (χ1) is 20.2. The van der Waals surface area contributed by atoms with Crippen molar-refractivity contribution < 1.29 is 9.59 Å². The van der Waals surface area contributed by atoms with Crippen LogP contribution in [-0.4, -0.2) is 32.9 Å². The van der Waals surface area contributed by atoms with E-state index in [1.165, 1.54) is 5.56 Å². The Morgan fingerprint density at radius 2 is 1.63 bits per heavy atom. The van der Waals surface area contributed by atoms with E-state index in [4.69, 9.17) is 0 Å². The normalized spacial score (nSPS) is 12.1. The molecule has 6 rings (SSSR count). The second kappa shape index (κ2) is 11.9. The molecule has 0 radical (unpaired) electrons. The lowest BCUT2D eigenvalue weighted by Crippen LogP contribution is -2.31. The van der Waals surface area contributed by atoms with Crippen LogP contribution < -0.4 is 15.5 Å². The van der Waals surface area contributed by atoms with E-state index in [-0.39, 0.29) is 11.8 Å². The van der Waals surface area contributed by atoms with Crippen LogP contribution in [-0.2, 0) is 26.1 Å². The predicted octanol–water partition coefficient (Wildman–Crippen LogP) is 5.07. The smallest absolute Gasteiger partial charge is 0.268 e. The highest BCUT2D eigenvalue weighted by molar-refractivity contribution is 6.06. The van der Waals surface area contributed by atoms with Gasteiger partial charge >= 0.3 is 0 Å². The second-order valence-electron chi connectivity index (χ2n) is 9.95.